The number of fused-ring (bicyclic) bond motifs is 5. The summed E-state index contributed by atoms with van der Waals surface area (Å²) in [6, 6.07) is 44.6. The Labute approximate surface area is 226 Å². The van der Waals surface area contributed by atoms with Gasteiger partial charge < -0.3 is 4.57 Å². The number of aromatic nitrogens is 4. The van der Waals surface area contributed by atoms with Crippen LogP contribution in [0.15, 0.2) is 133 Å². The Balaban J connectivity index is 1.38. The predicted molar refractivity (Wildman–Crippen MR) is 158 cm³/mol. The third-order valence-corrected chi connectivity index (χ3v) is 7.73. The second-order valence-electron chi connectivity index (χ2n) is 9.91. The predicted octanol–water partition coefficient (Wildman–Crippen LogP) is 8.19. The molecule has 0 bridgehead atoms. The fourth-order valence-corrected chi connectivity index (χ4v) is 6.02. The van der Waals surface area contributed by atoms with Gasteiger partial charge in [0.2, 0.25) is 0 Å². The first-order valence-electron chi connectivity index (χ1n) is 13.2. The fourth-order valence-electron chi connectivity index (χ4n) is 6.02. The average Bonchev–Trinajstić information content (AvgIpc) is 3.72. The summed E-state index contributed by atoms with van der Waals surface area (Å²) in [6.07, 6.45) is 4.54. The molecule has 0 aliphatic heterocycles. The monoisotopic (exact) mass is 500 g/mol. The van der Waals surface area contributed by atoms with Crippen molar-refractivity contribution in [3.63, 3.8) is 0 Å². The molecule has 0 saturated heterocycles. The van der Waals surface area contributed by atoms with Crippen molar-refractivity contribution in [3.8, 4) is 22.8 Å². The van der Waals surface area contributed by atoms with Crippen molar-refractivity contribution in [2.75, 3.05) is 0 Å². The van der Waals surface area contributed by atoms with Crippen LogP contribution in [0.2, 0.25) is 0 Å². The molecule has 1 atom stereocenters. The Morgan fingerprint density at radius 1 is 0.538 bits per heavy atom. The number of rotatable bonds is 4. The third kappa shape index (κ3) is 3.32. The molecular weight excluding hydrogens is 476 g/mol. The number of hydrogen-bond acceptors (Lipinski definition) is 2. The van der Waals surface area contributed by atoms with E-state index in [0.29, 0.717) is 0 Å². The van der Waals surface area contributed by atoms with E-state index < -0.39 is 0 Å². The van der Waals surface area contributed by atoms with Crippen molar-refractivity contribution >= 4 is 27.9 Å². The lowest BCUT2D eigenvalue weighted by atomic mass is 9.97. The minimum absolute atomic E-state index is 0.0168. The van der Waals surface area contributed by atoms with E-state index in [2.05, 4.69) is 124 Å². The largest absolute Gasteiger partial charge is 0.309 e. The van der Waals surface area contributed by atoms with Gasteiger partial charge in [-0.1, -0.05) is 109 Å². The average molecular weight is 501 g/mol. The van der Waals surface area contributed by atoms with Crippen molar-refractivity contribution in [2.24, 2.45) is 0 Å². The number of para-hydroxylation sites is 3. The standard InChI is InChI=1S/C35H24N4/c1-4-12-24(13-5-1)34-36-37-35(39(34)26-16-8-3-9-17-26)31-23-22-29-27(31)20-21-30-28-18-10-11-19-32(28)38(33(29)30)25-14-6-2-7-15-25/h1-23,31H. The van der Waals surface area contributed by atoms with Gasteiger partial charge in [0, 0.05) is 33.3 Å². The Morgan fingerprint density at radius 3 is 1.92 bits per heavy atom. The third-order valence-electron chi connectivity index (χ3n) is 7.73. The summed E-state index contributed by atoms with van der Waals surface area (Å²) in [7, 11) is 0. The Kier molecular flexibility index (Phi) is 4.85. The molecule has 4 nitrogen and oxygen atoms in total. The molecule has 0 saturated carbocycles. The summed E-state index contributed by atoms with van der Waals surface area (Å²) in [5.74, 6) is 1.74. The second-order valence-corrected chi connectivity index (χ2v) is 9.91. The Morgan fingerprint density at radius 2 is 1.18 bits per heavy atom. The molecule has 39 heavy (non-hydrogen) atoms. The molecule has 0 amide bonds. The molecule has 7 aromatic rings. The SMILES string of the molecule is C1=CC(c2nnc(-c3ccccc3)n2-c2ccccc2)c2ccc3c4ccccc4n(-c4ccccc4)c3c21. The van der Waals surface area contributed by atoms with Gasteiger partial charge >= 0.3 is 0 Å². The van der Waals surface area contributed by atoms with Gasteiger partial charge in [0.25, 0.3) is 0 Å². The molecule has 4 heteroatoms. The maximum Gasteiger partial charge on any atom is 0.168 e. The van der Waals surface area contributed by atoms with Crippen LogP contribution < -0.4 is 0 Å². The van der Waals surface area contributed by atoms with Crippen LogP contribution >= 0.6 is 0 Å². The van der Waals surface area contributed by atoms with Crippen molar-refractivity contribution in [1.82, 2.24) is 19.3 Å². The highest BCUT2D eigenvalue weighted by molar-refractivity contribution is 6.12. The van der Waals surface area contributed by atoms with Crippen molar-refractivity contribution in [2.45, 2.75) is 5.92 Å². The van der Waals surface area contributed by atoms with Crippen LogP contribution in [0.3, 0.4) is 0 Å². The van der Waals surface area contributed by atoms with Crippen molar-refractivity contribution < 1.29 is 0 Å². The molecule has 0 radical (unpaired) electrons. The van der Waals surface area contributed by atoms with Crippen LogP contribution in [0.5, 0.6) is 0 Å². The fraction of sp³-hybridized carbons (Fsp3) is 0.0286. The molecule has 1 unspecified atom stereocenters. The van der Waals surface area contributed by atoms with Crippen LogP contribution in [-0.2, 0) is 0 Å². The molecule has 2 aromatic heterocycles. The highest BCUT2D eigenvalue weighted by Crippen LogP contribution is 2.43. The smallest absolute Gasteiger partial charge is 0.168 e. The molecule has 8 rings (SSSR count). The summed E-state index contributed by atoms with van der Waals surface area (Å²) in [5, 5.41) is 12.0. The van der Waals surface area contributed by atoms with E-state index in [9.17, 15) is 0 Å². The van der Waals surface area contributed by atoms with E-state index in [1.54, 1.807) is 0 Å². The van der Waals surface area contributed by atoms with Gasteiger partial charge in [-0.15, -0.1) is 10.2 Å². The molecule has 5 aromatic carbocycles. The molecule has 1 aliphatic carbocycles. The first-order valence-corrected chi connectivity index (χ1v) is 13.2. The molecule has 184 valence electrons. The number of allylic oxidation sites excluding steroid dienone is 1. The van der Waals surface area contributed by atoms with Crippen LogP contribution in [0.25, 0.3) is 50.6 Å². The highest BCUT2D eigenvalue weighted by atomic mass is 15.3. The zero-order valence-electron chi connectivity index (χ0n) is 21.1. The molecule has 2 heterocycles. The van der Waals surface area contributed by atoms with Crippen LogP contribution in [0.4, 0.5) is 0 Å². The summed E-state index contributed by atoms with van der Waals surface area (Å²) in [4.78, 5) is 0. The molecule has 0 fully saturated rings. The van der Waals surface area contributed by atoms with Crippen LogP contribution in [-0.4, -0.2) is 19.3 Å². The van der Waals surface area contributed by atoms with Crippen LogP contribution in [0, 0.1) is 0 Å². The van der Waals surface area contributed by atoms with Gasteiger partial charge in [-0.2, -0.15) is 0 Å². The zero-order chi connectivity index (χ0) is 25.8. The molecule has 0 spiro atoms. The molecule has 0 N–H and O–H groups in total. The van der Waals surface area contributed by atoms with E-state index in [1.807, 2.05) is 24.3 Å². The van der Waals surface area contributed by atoms with Crippen molar-refractivity contribution in [1.29, 1.82) is 0 Å². The molecular formula is C35H24N4. The lowest BCUT2D eigenvalue weighted by Crippen LogP contribution is -2.08. The summed E-state index contributed by atoms with van der Waals surface area (Å²) < 4.78 is 4.60. The minimum atomic E-state index is -0.0168. The lowest BCUT2D eigenvalue weighted by Gasteiger charge is -2.16. The Hall–Kier alpha value is -5.22. The maximum absolute atomic E-state index is 4.81. The van der Waals surface area contributed by atoms with Crippen molar-refractivity contribution in [3.05, 3.63) is 150 Å². The second kappa shape index (κ2) is 8.67. The quantitative estimate of drug-likeness (QED) is 0.244. The van der Waals surface area contributed by atoms with E-state index in [4.69, 9.17) is 10.2 Å². The first-order chi connectivity index (χ1) is 19.4. The first kappa shape index (κ1) is 21.8. The van der Waals surface area contributed by atoms with Crippen LogP contribution in [0.1, 0.15) is 22.9 Å². The van der Waals surface area contributed by atoms with Gasteiger partial charge in [0.05, 0.1) is 17.0 Å². The van der Waals surface area contributed by atoms with Gasteiger partial charge in [0.1, 0.15) is 5.82 Å². The van der Waals surface area contributed by atoms with Gasteiger partial charge in [0.15, 0.2) is 5.82 Å². The van der Waals surface area contributed by atoms with E-state index in [1.165, 1.54) is 32.9 Å². The van der Waals surface area contributed by atoms with E-state index in [-0.39, 0.29) is 5.92 Å². The van der Waals surface area contributed by atoms with E-state index >= 15 is 0 Å². The normalized spacial score (nSPS) is 14.3. The highest BCUT2D eigenvalue weighted by Gasteiger charge is 2.29. The Bertz CT molecular complexity index is 2000. The summed E-state index contributed by atoms with van der Waals surface area (Å²) in [6.45, 7) is 0. The summed E-state index contributed by atoms with van der Waals surface area (Å²) in [5.41, 5.74) is 8.18. The van der Waals surface area contributed by atoms with E-state index in [0.717, 1.165) is 28.6 Å². The van der Waals surface area contributed by atoms with Gasteiger partial charge in [-0.05, 0) is 35.9 Å². The minimum Gasteiger partial charge on any atom is -0.309 e. The topological polar surface area (TPSA) is 35.6 Å². The van der Waals surface area contributed by atoms with Gasteiger partial charge in [-0.25, -0.2) is 0 Å². The zero-order valence-corrected chi connectivity index (χ0v) is 21.1. The lowest BCUT2D eigenvalue weighted by molar-refractivity contribution is 0.847. The van der Waals surface area contributed by atoms with Gasteiger partial charge in [-0.3, -0.25) is 4.57 Å². The number of benzene rings is 5. The summed E-state index contributed by atoms with van der Waals surface area (Å²) >= 11 is 0. The maximum atomic E-state index is 4.81. The number of hydrogen-bond donors (Lipinski definition) is 0. The molecule has 1 aliphatic rings. The number of nitrogens with zero attached hydrogens (tertiary/aromatic N) is 4.